The van der Waals surface area contributed by atoms with E-state index < -0.39 is 0 Å². The van der Waals surface area contributed by atoms with Crippen molar-refractivity contribution in [1.29, 1.82) is 0 Å². The normalized spacial score (nSPS) is 10.4. The number of methoxy groups -OCH3 is 1. The van der Waals surface area contributed by atoms with Crippen molar-refractivity contribution < 1.29 is 4.74 Å². The van der Waals surface area contributed by atoms with E-state index in [1.54, 1.807) is 7.11 Å². The van der Waals surface area contributed by atoms with Gasteiger partial charge in [0.05, 0.1) is 12.4 Å². The maximum Gasteiger partial charge on any atom is 0.202 e. The van der Waals surface area contributed by atoms with E-state index in [9.17, 15) is 0 Å². The van der Waals surface area contributed by atoms with Crippen molar-refractivity contribution in [2.75, 3.05) is 31.3 Å². The lowest BCUT2D eigenvalue weighted by atomic mass is 10.7. The van der Waals surface area contributed by atoms with E-state index in [1.807, 2.05) is 11.8 Å². The Labute approximate surface area is 92.6 Å². The van der Waals surface area contributed by atoms with Crippen LogP contribution in [0.1, 0.15) is 12.7 Å². The second-order valence-corrected chi connectivity index (χ2v) is 4.60. The van der Waals surface area contributed by atoms with Gasteiger partial charge in [0.1, 0.15) is 0 Å². The fourth-order valence-electron chi connectivity index (χ4n) is 0.838. The van der Waals surface area contributed by atoms with Crippen LogP contribution in [-0.4, -0.2) is 35.4 Å². The van der Waals surface area contributed by atoms with E-state index >= 15 is 0 Å². The number of nitrogens with one attached hydrogen (secondary N) is 1. The van der Waals surface area contributed by atoms with Crippen molar-refractivity contribution in [3.8, 4) is 0 Å². The van der Waals surface area contributed by atoms with Crippen LogP contribution in [0.5, 0.6) is 0 Å². The lowest BCUT2D eigenvalue weighted by Crippen LogP contribution is -2.07. The van der Waals surface area contributed by atoms with E-state index in [4.69, 9.17) is 4.74 Å². The molecule has 0 spiro atoms. The molecule has 0 bridgehead atoms. The van der Waals surface area contributed by atoms with Crippen molar-refractivity contribution in [2.24, 2.45) is 0 Å². The van der Waals surface area contributed by atoms with Gasteiger partial charge in [-0.2, -0.15) is 16.1 Å². The Bertz CT molecular complexity index is 254. The van der Waals surface area contributed by atoms with Gasteiger partial charge in [0.25, 0.3) is 0 Å². The van der Waals surface area contributed by atoms with Gasteiger partial charge in [0.15, 0.2) is 5.82 Å². The molecule has 4 nitrogen and oxygen atoms in total. The minimum absolute atomic E-state index is 0.693. The fourth-order valence-corrected chi connectivity index (χ4v) is 2.05. The van der Waals surface area contributed by atoms with Gasteiger partial charge in [-0.3, -0.25) is 0 Å². The molecular formula is C8H15N3OS2. The van der Waals surface area contributed by atoms with Gasteiger partial charge in [-0.15, -0.1) is 0 Å². The molecule has 0 aliphatic carbocycles. The SMILES string of the molecule is CCSCc1nsc(NCCOC)n1. The Morgan fingerprint density at radius 3 is 3.14 bits per heavy atom. The molecule has 1 rings (SSSR count). The van der Waals surface area contributed by atoms with E-state index in [1.165, 1.54) is 11.5 Å². The maximum absolute atomic E-state index is 4.93. The van der Waals surface area contributed by atoms with E-state index in [-0.39, 0.29) is 0 Å². The first-order chi connectivity index (χ1) is 6.86. The maximum atomic E-state index is 4.93. The second-order valence-electron chi connectivity index (χ2n) is 2.57. The fraction of sp³-hybridized carbons (Fsp3) is 0.750. The summed E-state index contributed by atoms with van der Waals surface area (Å²) in [6.07, 6.45) is 0. The number of hydrogen-bond acceptors (Lipinski definition) is 6. The van der Waals surface area contributed by atoms with Crippen molar-refractivity contribution >= 4 is 28.4 Å². The van der Waals surface area contributed by atoms with Crippen LogP contribution in [-0.2, 0) is 10.5 Å². The predicted octanol–water partition coefficient (Wildman–Crippen LogP) is 1.85. The monoisotopic (exact) mass is 233 g/mol. The van der Waals surface area contributed by atoms with Gasteiger partial charge in [-0.05, 0) is 5.75 Å². The van der Waals surface area contributed by atoms with Gasteiger partial charge >= 0.3 is 0 Å². The van der Waals surface area contributed by atoms with Crippen molar-refractivity contribution in [1.82, 2.24) is 9.36 Å². The summed E-state index contributed by atoms with van der Waals surface area (Å²) in [6, 6.07) is 0. The summed E-state index contributed by atoms with van der Waals surface area (Å²) in [4.78, 5) is 4.34. The Morgan fingerprint density at radius 1 is 1.57 bits per heavy atom. The van der Waals surface area contributed by atoms with E-state index in [0.29, 0.717) is 6.61 Å². The van der Waals surface area contributed by atoms with Crippen molar-refractivity contribution in [3.05, 3.63) is 5.82 Å². The highest BCUT2D eigenvalue weighted by molar-refractivity contribution is 7.98. The van der Waals surface area contributed by atoms with Gasteiger partial charge in [0, 0.05) is 25.2 Å². The van der Waals surface area contributed by atoms with Crippen LogP contribution >= 0.6 is 23.3 Å². The molecule has 0 aromatic carbocycles. The molecule has 0 radical (unpaired) electrons. The number of aromatic nitrogens is 2. The first-order valence-electron chi connectivity index (χ1n) is 4.50. The van der Waals surface area contributed by atoms with Crippen LogP contribution in [0.25, 0.3) is 0 Å². The molecule has 1 aromatic rings. The minimum atomic E-state index is 0.693. The molecule has 0 aliphatic rings. The predicted molar refractivity (Wildman–Crippen MR) is 62.1 cm³/mol. The first-order valence-corrected chi connectivity index (χ1v) is 6.42. The molecule has 1 heterocycles. The van der Waals surface area contributed by atoms with E-state index in [2.05, 4.69) is 21.6 Å². The number of ether oxygens (including phenoxy) is 1. The third-order valence-corrected chi connectivity index (χ3v) is 3.07. The largest absolute Gasteiger partial charge is 0.383 e. The van der Waals surface area contributed by atoms with Crippen LogP contribution in [0.4, 0.5) is 5.13 Å². The summed E-state index contributed by atoms with van der Waals surface area (Å²) >= 11 is 3.24. The third-order valence-electron chi connectivity index (χ3n) is 1.49. The number of anilines is 1. The van der Waals surface area contributed by atoms with E-state index in [0.717, 1.165) is 29.0 Å². The zero-order valence-electron chi connectivity index (χ0n) is 8.45. The second kappa shape index (κ2) is 7.03. The molecular weight excluding hydrogens is 218 g/mol. The zero-order chi connectivity index (χ0) is 10.2. The minimum Gasteiger partial charge on any atom is -0.383 e. The Hall–Kier alpha value is -0.330. The van der Waals surface area contributed by atoms with Crippen LogP contribution in [0.2, 0.25) is 0 Å². The van der Waals surface area contributed by atoms with Crippen molar-refractivity contribution in [2.45, 2.75) is 12.7 Å². The summed E-state index contributed by atoms with van der Waals surface area (Å²) in [7, 11) is 1.69. The van der Waals surface area contributed by atoms with Crippen LogP contribution < -0.4 is 5.32 Å². The Kier molecular flexibility index (Phi) is 5.89. The summed E-state index contributed by atoms with van der Waals surface area (Å²) in [5, 5.41) is 4.04. The molecule has 14 heavy (non-hydrogen) atoms. The number of thioether (sulfide) groups is 1. The molecule has 1 N–H and O–H groups in total. The van der Waals surface area contributed by atoms with Gasteiger partial charge in [-0.1, -0.05) is 6.92 Å². The number of hydrogen-bond donors (Lipinski definition) is 1. The molecule has 0 atom stereocenters. The van der Waals surface area contributed by atoms with Crippen LogP contribution in [0.15, 0.2) is 0 Å². The molecule has 1 aromatic heterocycles. The summed E-state index contributed by atoms with van der Waals surface area (Å²) in [5.74, 6) is 2.92. The highest BCUT2D eigenvalue weighted by Gasteiger charge is 2.02. The number of rotatable bonds is 7. The quantitative estimate of drug-likeness (QED) is 0.728. The molecule has 0 saturated carbocycles. The highest BCUT2D eigenvalue weighted by Crippen LogP contribution is 2.14. The Morgan fingerprint density at radius 2 is 2.43 bits per heavy atom. The summed E-state index contributed by atoms with van der Waals surface area (Å²) in [5.41, 5.74) is 0. The molecule has 0 aliphatic heterocycles. The van der Waals surface area contributed by atoms with Crippen LogP contribution in [0.3, 0.4) is 0 Å². The molecule has 0 amide bonds. The van der Waals surface area contributed by atoms with Gasteiger partial charge < -0.3 is 10.1 Å². The first kappa shape index (κ1) is 11.7. The van der Waals surface area contributed by atoms with Gasteiger partial charge in [0.2, 0.25) is 5.13 Å². The third kappa shape index (κ3) is 4.26. The lowest BCUT2D eigenvalue weighted by molar-refractivity contribution is 0.211. The molecule has 6 heteroatoms. The average molecular weight is 233 g/mol. The molecule has 80 valence electrons. The highest BCUT2D eigenvalue weighted by atomic mass is 32.2. The average Bonchev–Trinajstić information content (AvgIpc) is 2.63. The topological polar surface area (TPSA) is 47.0 Å². The zero-order valence-corrected chi connectivity index (χ0v) is 10.1. The molecule has 0 saturated heterocycles. The Balaban J connectivity index is 2.27. The standard InChI is InChI=1S/C8H15N3OS2/c1-3-13-6-7-10-8(14-11-7)9-4-5-12-2/h3-6H2,1-2H3,(H,9,10,11). The summed E-state index contributed by atoms with van der Waals surface area (Å²) < 4.78 is 9.16. The molecule has 0 fully saturated rings. The summed E-state index contributed by atoms with van der Waals surface area (Å²) in [6.45, 7) is 3.61. The van der Waals surface area contributed by atoms with Crippen molar-refractivity contribution in [3.63, 3.8) is 0 Å². The molecule has 0 unspecified atom stereocenters. The lowest BCUT2D eigenvalue weighted by Gasteiger charge is -1.98. The van der Waals surface area contributed by atoms with Gasteiger partial charge in [-0.25, -0.2) is 4.98 Å². The number of nitrogens with zero attached hydrogens (tertiary/aromatic N) is 2. The van der Waals surface area contributed by atoms with Crippen LogP contribution in [0, 0.1) is 0 Å². The smallest absolute Gasteiger partial charge is 0.202 e.